The first-order valence-corrected chi connectivity index (χ1v) is 8.92. The first-order chi connectivity index (χ1) is 13.5. The highest BCUT2D eigenvalue weighted by Crippen LogP contribution is 2.24. The van der Waals surface area contributed by atoms with Crippen LogP contribution in [0.25, 0.3) is 22.0 Å². The van der Waals surface area contributed by atoms with Gasteiger partial charge >= 0.3 is 0 Å². The Bertz CT molecular complexity index is 1170. The lowest BCUT2D eigenvalue weighted by Gasteiger charge is -2.07. The lowest BCUT2D eigenvalue weighted by molar-refractivity contribution is -0.121. The van der Waals surface area contributed by atoms with Gasteiger partial charge in [0.25, 0.3) is 11.6 Å². The number of aromatic amines is 1. The van der Waals surface area contributed by atoms with Crippen LogP contribution in [0.3, 0.4) is 0 Å². The second-order valence-electron chi connectivity index (χ2n) is 6.84. The SMILES string of the molecule is CC(C)c1noc2ncc(C(=O)NNC(=O)Cc3c[nH]c4ccccc34)cc12. The lowest BCUT2D eigenvalue weighted by atomic mass is 10.1. The molecule has 28 heavy (non-hydrogen) atoms. The van der Waals surface area contributed by atoms with Crippen molar-refractivity contribution in [3.63, 3.8) is 0 Å². The molecule has 0 aliphatic heterocycles. The summed E-state index contributed by atoms with van der Waals surface area (Å²) in [7, 11) is 0. The number of hydrazine groups is 1. The Hall–Kier alpha value is -3.68. The molecule has 0 saturated heterocycles. The Morgan fingerprint density at radius 1 is 1.18 bits per heavy atom. The summed E-state index contributed by atoms with van der Waals surface area (Å²) in [6.45, 7) is 3.96. The zero-order valence-corrected chi connectivity index (χ0v) is 15.4. The number of amides is 2. The number of rotatable bonds is 4. The van der Waals surface area contributed by atoms with Gasteiger partial charge in [0.15, 0.2) is 0 Å². The van der Waals surface area contributed by atoms with Gasteiger partial charge in [-0.25, -0.2) is 4.98 Å². The summed E-state index contributed by atoms with van der Waals surface area (Å²) in [6.07, 6.45) is 3.33. The van der Waals surface area contributed by atoms with Gasteiger partial charge in [-0.05, 0) is 23.6 Å². The van der Waals surface area contributed by atoms with Crippen molar-refractivity contribution < 1.29 is 14.1 Å². The van der Waals surface area contributed by atoms with E-state index in [9.17, 15) is 9.59 Å². The molecule has 2 amide bonds. The topological polar surface area (TPSA) is 113 Å². The Morgan fingerprint density at radius 3 is 2.82 bits per heavy atom. The third-order valence-corrected chi connectivity index (χ3v) is 4.51. The number of nitrogens with one attached hydrogen (secondary N) is 3. The molecule has 0 bridgehead atoms. The van der Waals surface area contributed by atoms with Gasteiger partial charge in [-0.3, -0.25) is 20.4 Å². The molecule has 8 heteroatoms. The van der Waals surface area contributed by atoms with Crippen molar-refractivity contribution in [2.24, 2.45) is 0 Å². The third-order valence-electron chi connectivity index (χ3n) is 4.51. The summed E-state index contributed by atoms with van der Waals surface area (Å²) < 4.78 is 5.17. The van der Waals surface area contributed by atoms with Crippen molar-refractivity contribution in [1.29, 1.82) is 0 Å². The Balaban J connectivity index is 1.43. The predicted molar refractivity (Wildman–Crippen MR) is 104 cm³/mol. The molecule has 142 valence electrons. The molecule has 0 atom stereocenters. The predicted octanol–water partition coefficient (Wildman–Crippen LogP) is 2.83. The van der Waals surface area contributed by atoms with Crippen LogP contribution in [0, 0.1) is 0 Å². The summed E-state index contributed by atoms with van der Waals surface area (Å²) in [5.74, 6) is -0.644. The lowest BCUT2D eigenvalue weighted by Crippen LogP contribution is -2.42. The van der Waals surface area contributed by atoms with E-state index in [0.717, 1.165) is 22.2 Å². The Morgan fingerprint density at radius 2 is 2.00 bits per heavy atom. The molecule has 0 aliphatic carbocycles. The van der Waals surface area contributed by atoms with Gasteiger partial charge in [-0.2, -0.15) is 0 Å². The molecule has 0 spiro atoms. The monoisotopic (exact) mass is 377 g/mol. The minimum absolute atomic E-state index is 0.136. The van der Waals surface area contributed by atoms with Crippen LogP contribution < -0.4 is 10.9 Å². The molecule has 0 fully saturated rings. The van der Waals surface area contributed by atoms with Crippen LogP contribution in [0.5, 0.6) is 0 Å². The molecule has 3 N–H and O–H groups in total. The number of hydrogen-bond donors (Lipinski definition) is 3. The van der Waals surface area contributed by atoms with Crippen LogP contribution in [0.4, 0.5) is 0 Å². The number of para-hydroxylation sites is 1. The van der Waals surface area contributed by atoms with Crippen molar-refractivity contribution >= 4 is 33.8 Å². The number of nitrogens with zero attached hydrogens (tertiary/aromatic N) is 2. The first-order valence-electron chi connectivity index (χ1n) is 8.92. The number of carbonyl (C=O) groups excluding carboxylic acids is 2. The highest BCUT2D eigenvalue weighted by Gasteiger charge is 2.16. The smallest absolute Gasteiger partial charge is 0.271 e. The highest BCUT2D eigenvalue weighted by atomic mass is 16.5. The average Bonchev–Trinajstić information content (AvgIpc) is 3.30. The summed E-state index contributed by atoms with van der Waals surface area (Å²) in [5, 5.41) is 5.66. The van der Waals surface area contributed by atoms with Gasteiger partial charge in [0.2, 0.25) is 5.91 Å². The molecule has 0 unspecified atom stereocenters. The first kappa shape index (κ1) is 17.7. The Kier molecular flexibility index (Phi) is 4.52. The number of carbonyl (C=O) groups is 2. The van der Waals surface area contributed by atoms with Gasteiger partial charge in [0.05, 0.1) is 23.1 Å². The van der Waals surface area contributed by atoms with Crippen molar-refractivity contribution in [2.45, 2.75) is 26.2 Å². The van der Waals surface area contributed by atoms with E-state index in [1.807, 2.05) is 38.1 Å². The molecule has 1 aromatic carbocycles. The number of pyridine rings is 1. The van der Waals surface area contributed by atoms with Crippen LogP contribution in [0.15, 0.2) is 47.2 Å². The molecular formula is C20H19N5O3. The maximum Gasteiger partial charge on any atom is 0.271 e. The zero-order chi connectivity index (χ0) is 19.7. The van der Waals surface area contributed by atoms with E-state index in [4.69, 9.17) is 4.52 Å². The number of aromatic nitrogens is 3. The van der Waals surface area contributed by atoms with Gasteiger partial charge in [0.1, 0.15) is 0 Å². The van der Waals surface area contributed by atoms with E-state index >= 15 is 0 Å². The highest BCUT2D eigenvalue weighted by molar-refractivity contribution is 5.98. The molecule has 3 heterocycles. The van der Waals surface area contributed by atoms with Crippen LogP contribution >= 0.6 is 0 Å². The molecule has 0 saturated carbocycles. The fraction of sp³-hybridized carbons (Fsp3) is 0.200. The summed E-state index contributed by atoms with van der Waals surface area (Å²) >= 11 is 0. The largest absolute Gasteiger partial charge is 0.361 e. The summed E-state index contributed by atoms with van der Waals surface area (Å²) in [6, 6.07) is 9.39. The normalized spacial score (nSPS) is 11.2. The van der Waals surface area contributed by atoms with Crippen molar-refractivity contribution in [1.82, 2.24) is 26.0 Å². The molecule has 4 rings (SSSR count). The van der Waals surface area contributed by atoms with Crippen molar-refractivity contribution in [3.05, 3.63) is 59.5 Å². The second-order valence-corrected chi connectivity index (χ2v) is 6.84. The van der Waals surface area contributed by atoms with E-state index in [1.165, 1.54) is 6.20 Å². The number of benzene rings is 1. The van der Waals surface area contributed by atoms with E-state index in [0.29, 0.717) is 16.7 Å². The van der Waals surface area contributed by atoms with Crippen LogP contribution in [-0.2, 0) is 11.2 Å². The van der Waals surface area contributed by atoms with Crippen molar-refractivity contribution in [2.75, 3.05) is 0 Å². The third kappa shape index (κ3) is 3.32. The fourth-order valence-electron chi connectivity index (χ4n) is 3.08. The maximum absolute atomic E-state index is 12.4. The standard InChI is InChI=1S/C20H19N5O3/c1-11(2)18-15-7-13(10-22-20(15)28-25-18)19(27)24-23-17(26)8-12-9-21-16-6-4-3-5-14(12)16/h3-7,9-11,21H,8H2,1-2H3,(H,23,26)(H,24,27). The maximum atomic E-state index is 12.4. The van der Waals surface area contributed by atoms with Crippen molar-refractivity contribution in [3.8, 4) is 0 Å². The van der Waals surface area contributed by atoms with Gasteiger partial charge in [0, 0.05) is 23.3 Å². The van der Waals surface area contributed by atoms with Crippen LogP contribution in [0.1, 0.15) is 41.4 Å². The molecule has 4 aromatic rings. The second kappa shape index (κ2) is 7.15. The molecule has 3 aromatic heterocycles. The van der Waals surface area contributed by atoms with Crippen LogP contribution in [0.2, 0.25) is 0 Å². The van der Waals surface area contributed by atoms with Crippen LogP contribution in [-0.4, -0.2) is 26.9 Å². The van der Waals surface area contributed by atoms with E-state index in [-0.39, 0.29) is 18.2 Å². The minimum Gasteiger partial charge on any atom is -0.361 e. The van der Waals surface area contributed by atoms with E-state index in [2.05, 4.69) is 26.0 Å². The quantitative estimate of drug-likeness (QED) is 0.473. The zero-order valence-electron chi connectivity index (χ0n) is 15.4. The summed E-state index contributed by atoms with van der Waals surface area (Å²) in [4.78, 5) is 31.9. The molecule has 0 aliphatic rings. The van der Waals surface area contributed by atoms with E-state index < -0.39 is 5.91 Å². The average molecular weight is 377 g/mol. The molecular weight excluding hydrogens is 358 g/mol. The molecule has 0 radical (unpaired) electrons. The minimum atomic E-state index is -0.461. The number of H-pyrrole nitrogens is 1. The van der Waals surface area contributed by atoms with E-state index in [1.54, 1.807) is 12.3 Å². The fourth-order valence-corrected chi connectivity index (χ4v) is 3.08. The van der Waals surface area contributed by atoms with Gasteiger partial charge in [-0.1, -0.05) is 37.2 Å². The Labute approximate surface area is 160 Å². The van der Waals surface area contributed by atoms with Gasteiger partial charge in [-0.15, -0.1) is 0 Å². The number of hydrogen-bond acceptors (Lipinski definition) is 5. The summed E-state index contributed by atoms with van der Waals surface area (Å²) in [5.41, 5.74) is 8.11. The van der Waals surface area contributed by atoms with Gasteiger partial charge < -0.3 is 9.51 Å². The number of fused-ring (bicyclic) bond motifs is 2. The molecule has 8 nitrogen and oxygen atoms in total.